The zero-order valence-electron chi connectivity index (χ0n) is 15.9. The lowest BCUT2D eigenvalue weighted by atomic mass is 10.1. The molecule has 24 heavy (non-hydrogen) atoms. The minimum Gasteiger partial charge on any atom is -0.212 e. The van der Waals surface area contributed by atoms with E-state index in [0.29, 0.717) is 13.0 Å². The summed E-state index contributed by atoms with van der Waals surface area (Å²) in [6, 6.07) is 2.12. The Balaban J connectivity index is 2.22. The van der Waals surface area contributed by atoms with Crippen LogP contribution in [-0.4, -0.2) is 32.1 Å². The van der Waals surface area contributed by atoms with Crippen molar-refractivity contribution >= 4 is 21.4 Å². The van der Waals surface area contributed by atoms with Crippen LogP contribution >= 0.6 is 11.3 Å². The van der Waals surface area contributed by atoms with Gasteiger partial charge in [0.05, 0.1) is 5.75 Å². The molecule has 0 unspecified atom stereocenters. The molecule has 0 bridgehead atoms. The third-order valence-electron chi connectivity index (χ3n) is 4.57. The zero-order valence-corrected chi connectivity index (χ0v) is 17.6. The molecule has 0 aliphatic carbocycles. The molecule has 0 saturated carbocycles. The molecule has 0 aromatic carbocycles. The predicted octanol–water partition coefficient (Wildman–Crippen LogP) is 5.31. The van der Waals surface area contributed by atoms with Crippen LogP contribution in [0.4, 0.5) is 0 Å². The number of aryl methyl sites for hydroxylation is 3. The zero-order chi connectivity index (χ0) is 18.0. The first kappa shape index (κ1) is 21.7. The Morgan fingerprint density at radius 3 is 2.12 bits per heavy atom. The largest absolute Gasteiger partial charge is 0.214 e. The van der Waals surface area contributed by atoms with Gasteiger partial charge in [-0.25, -0.2) is 12.7 Å². The van der Waals surface area contributed by atoms with Crippen LogP contribution in [0.1, 0.15) is 73.6 Å². The molecule has 0 fully saturated rings. The van der Waals surface area contributed by atoms with Gasteiger partial charge in [0.1, 0.15) is 0 Å². The van der Waals surface area contributed by atoms with Crippen molar-refractivity contribution in [3.63, 3.8) is 0 Å². The third-order valence-corrected chi connectivity index (χ3v) is 7.44. The van der Waals surface area contributed by atoms with Crippen LogP contribution in [-0.2, 0) is 16.4 Å². The molecule has 5 heteroatoms. The molecule has 0 spiro atoms. The molecule has 3 nitrogen and oxygen atoms in total. The molecular formula is C19H35NO2S2. The van der Waals surface area contributed by atoms with E-state index >= 15 is 0 Å². The van der Waals surface area contributed by atoms with Crippen molar-refractivity contribution in [2.45, 2.75) is 78.6 Å². The summed E-state index contributed by atoms with van der Waals surface area (Å²) in [5.74, 6) is 0.220. The van der Waals surface area contributed by atoms with E-state index in [0.717, 1.165) is 12.8 Å². The Bertz CT molecular complexity index is 564. The van der Waals surface area contributed by atoms with E-state index in [4.69, 9.17) is 0 Å². The van der Waals surface area contributed by atoms with Crippen LogP contribution in [0.25, 0.3) is 0 Å². The molecule has 1 aromatic heterocycles. The third kappa shape index (κ3) is 8.13. The maximum Gasteiger partial charge on any atom is 0.214 e. The summed E-state index contributed by atoms with van der Waals surface area (Å²) < 4.78 is 26.3. The minimum absolute atomic E-state index is 0.220. The van der Waals surface area contributed by atoms with Crippen molar-refractivity contribution in [1.29, 1.82) is 0 Å². The average Bonchev–Trinajstić information content (AvgIpc) is 2.85. The fourth-order valence-electron chi connectivity index (χ4n) is 2.93. The first-order valence-electron chi connectivity index (χ1n) is 9.36. The highest BCUT2D eigenvalue weighted by Crippen LogP contribution is 2.21. The van der Waals surface area contributed by atoms with E-state index in [1.165, 1.54) is 53.8 Å². The Morgan fingerprint density at radius 2 is 1.58 bits per heavy atom. The second kappa shape index (κ2) is 11.3. The van der Waals surface area contributed by atoms with E-state index in [1.807, 2.05) is 0 Å². The average molecular weight is 374 g/mol. The SMILES string of the molecule is CCCCCCCCCCN(C)S(=O)(=O)CCc1cc(C)sc1C. The summed E-state index contributed by atoms with van der Waals surface area (Å²) in [4.78, 5) is 2.50. The van der Waals surface area contributed by atoms with Gasteiger partial charge in [-0.2, -0.15) is 0 Å². The second-order valence-corrected chi connectivity index (χ2v) is 10.5. The molecule has 1 rings (SSSR count). The normalized spacial score (nSPS) is 12.2. The van der Waals surface area contributed by atoms with Crippen molar-refractivity contribution < 1.29 is 8.42 Å². The van der Waals surface area contributed by atoms with Crippen LogP contribution < -0.4 is 0 Å². The van der Waals surface area contributed by atoms with Gasteiger partial charge in [-0.3, -0.25) is 0 Å². The number of rotatable bonds is 13. The highest BCUT2D eigenvalue weighted by atomic mass is 32.2. The molecule has 1 aromatic rings. The Hall–Kier alpha value is -0.390. The maximum atomic E-state index is 12.4. The predicted molar refractivity (Wildman–Crippen MR) is 107 cm³/mol. The molecule has 0 atom stereocenters. The summed E-state index contributed by atoms with van der Waals surface area (Å²) in [7, 11) is -1.41. The molecule has 0 aliphatic heterocycles. The first-order chi connectivity index (χ1) is 11.4. The lowest BCUT2D eigenvalue weighted by Crippen LogP contribution is -2.30. The van der Waals surface area contributed by atoms with Gasteiger partial charge in [0.25, 0.3) is 0 Å². The quantitative estimate of drug-likeness (QED) is 0.439. The van der Waals surface area contributed by atoms with Crippen molar-refractivity contribution in [2.75, 3.05) is 19.3 Å². The number of sulfonamides is 1. The Labute approximate surface area is 153 Å². The highest BCUT2D eigenvalue weighted by Gasteiger charge is 2.18. The van der Waals surface area contributed by atoms with Gasteiger partial charge in [-0.05, 0) is 38.3 Å². The molecule has 0 radical (unpaired) electrons. The van der Waals surface area contributed by atoms with Crippen LogP contribution in [0.2, 0.25) is 0 Å². The van der Waals surface area contributed by atoms with Crippen molar-refractivity contribution in [3.05, 3.63) is 21.4 Å². The number of hydrogen-bond acceptors (Lipinski definition) is 3. The number of thiophene rings is 1. The van der Waals surface area contributed by atoms with Gasteiger partial charge < -0.3 is 0 Å². The number of unbranched alkanes of at least 4 members (excludes halogenated alkanes) is 7. The van der Waals surface area contributed by atoms with Crippen LogP contribution in [0.3, 0.4) is 0 Å². The molecule has 140 valence electrons. The van der Waals surface area contributed by atoms with Gasteiger partial charge in [0, 0.05) is 23.3 Å². The molecule has 0 saturated heterocycles. The summed E-state index contributed by atoms with van der Waals surface area (Å²) in [6.07, 6.45) is 10.5. The lowest BCUT2D eigenvalue weighted by molar-refractivity contribution is 0.448. The van der Waals surface area contributed by atoms with Crippen LogP contribution in [0, 0.1) is 13.8 Å². The van der Waals surface area contributed by atoms with Crippen molar-refractivity contribution in [3.8, 4) is 0 Å². The van der Waals surface area contributed by atoms with Crippen LogP contribution in [0.5, 0.6) is 0 Å². The fourth-order valence-corrected chi connectivity index (χ4v) is 5.11. The van der Waals surface area contributed by atoms with E-state index in [9.17, 15) is 8.42 Å². The highest BCUT2D eigenvalue weighted by molar-refractivity contribution is 7.89. The van der Waals surface area contributed by atoms with E-state index < -0.39 is 10.0 Å². The summed E-state index contributed by atoms with van der Waals surface area (Å²) in [5.41, 5.74) is 1.18. The van der Waals surface area contributed by atoms with Crippen LogP contribution in [0.15, 0.2) is 6.07 Å². The Morgan fingerprint density at radius 1 is 1.00 bits per heavy atom. The first-order valence-corrected chi connectivity index (χ1v) is 11.8. The summed E-state index contributed by atoms with van der Waals surface area (Å²) in [6.45, 7) is 7.03. The standard InChI is InChI=1S/C19H35NO2S2/c1-5-6-7-8-9-10-11-12-14-20(4)24(21,22)15-13-19-16-17(2)23-18(19)3/h16H,5-15H2,1-4H3. The monoisotopic (exact) mass is 373 g/mol. The van der Waals surface area contributed by atoms with E-state index in [-0.39, 0.29) is 5.75 Å². The molecule has 0 amide bonds. The maximum absolute atomic E-state index is 12.4. The van der Waals surface area contributed by atoms with Gasteiger partial charge in [0.2, 0.25) is 10.0 Å². The summed E-state index contributed by atoms with van der Waals surface area (Å²) >= 11 is 1.75. The molecule has 0 aliphatic rings. The van der Waals surface area contributed by atoms with E-state index in [2.05, 4.69) is 26.8 Å². The molecule has 1 heterocycles. The Kier molecular flexibility index (Phi) is 10.2. The van der Waals surface area contributed by atoms with E-state index in [1.54, 1.807) is 22.7 Å². The lowest BCUT2D eigenvalue weighted by Gasteiger charge is -2.17. The van der Waals surface area contributed by atoms with Gasteiger partial charge in [0.15, 0.2) is 0 Å². The fraction of sp³-hybridized carbons (Fsp3) is 0.789. The second-order valence-electron chi connectivity index (χ2n) is 6.80. The van der Waals surface area contributed by atoms with Gasteiger partial charge in [-0.1, -0.05) is 51.9 Å². The topological polar surface area (TPSA) is 37.4 Å². The summed E-state index contributed by atoms with van der Waals surface area (Å²) in [5, 5.41) is 0. The van der Waals surface area contributed by atoms with Gasteiger partial charge >= 0.3 is 0 Å². The molecular weight excluding hydrogens is 338 g/mol. The number of nitrogens with zero attached hydrogens (tertiary/aromatic N) is 1. The van der Waals surface area contributed by atoms with Crippen molar-refractivity contribution in [2.24, 2.45) is 0 Å². The van der Waals surface area contributed by atoms with Crippen molar-refractivity contribution in [1.82, 2.24) is 4.31 Å². The molecule has 0 N–H and O–H groups in total. The minimum atomic E-state index is -3.13. The number of hydrogen-bond donors (Lipinski definition) is 0. The van der Waals surface area contributed by atoms with Gasteiger partial charge in [-0.15, -0.1) is 11.3 Å². The smallest absolute Gasteiger partial charge is 0.212 e.